The Kier molecular flexibility index (Phi) is 6.64. The van der Waals surface area contributed by atoms with Crippen molar-refractivity contribution in [2.24, 2.45) is 11.8 Å². The van der Waals surface area contributed by atoms with Crippen molar-refractivity contribution in [2.75, 3.05) is 0 Å². The van der Waals surface area contributed by atoms with Gasteiger partial charge in [0.1, 0.15) is 0 Å². The van der Waals surface area contributed by atoms with Gasteiger partial charge in [-0.05, 0) is 25.7 Å². The second-order valence-corrected chi connectivity index (χ2v) is 3.68. The number of hydrogen-bond donors (Lipinski definition) is 0. The summed E-state index contributed by atoms with van der Waals surface area (Å²) >= 11 is 0. The van der Waals surface area contributed by atoms with Crippen molar-refractivity contribution in [3.63, 3.8) is 0 Å². The Balaban J connectivity index is 0. The fraction of sp³-hybridized carbons (Fsp3) is 0.800. The highest BCUT2D eigenvalue weighted by Gasteiger charge is 2.03. The summed E-state index contributed by atoms with van der Waals surface area (Å²) in [6, 6.07) is 0. The standard InChI is InChI=1S/C10H20.B/c1-7(2)9(5)10(6)8(3)4;/h7-8H,1-6H3;/b10-9-;. The Labute approximate surface area is 73.7 Å². The molecule has 0 aliphatic carbocycles. The first-order valence-electron chi connectivity index (χ1n) is 4.14. The van der Waals surface area contributed by atoms with E-state index >= 15 is 0 Å². The zero-order valence-corrected chi connectivity index (χ0v) is 8.73. The molecule has 0 amide bonds. The van der Waals surface area contributed by atoms with E-state index in [-0.39, 0.29) is 8.41 Å². The lowest BCUT2D eigenvalue weighted by Crippen LogP contribution is -1.98. The van der Waals surface area contributed by atoms with Crippen LogP contribution in [0.15, 0.2) is 11.1 Å². The van der Waals surface area contributed by atoms with Crippen molar-refractivity contribution in [3.8, 4) is 0 Å². The molecule has 0 atom stereocenters. The van der Waals surface area contributed by atoms with Crippen LogP contribution in [0, 0.1) is 11.8 Å². The van der Waals surface area contributed by atoms with E-state index in [0.29, 0.717) is 11.8 Å². The molecule has 0 saturated carbocycles. The predicted molar refractivity (Wildman–Crippen MR) is 53.8 cm³/mol. The summed E-state index contributed by atoms with van der Waals surface area (Å²) < 4.78 is 0. The van der Waals surface area contributed by atoms with Gasteiger partial charge in [-0.1, -0.05) is 38.8 Å². The molecule has 0 heterocycles. The molecule has 0 unspecified atom stereocenters. The van der Waals surface area contributed by atoms with Gasteiger partial charge in [0.15, 0.2) is 0 Å². The van der Waals surface area contributed by atoms with Crippen molar-refractivity contribution in [2.45, 2.75) is 41.5 Å². The number of rotatable bonds is 2. The lowest BCUT2D eigenvalue weighted by atomic mass is 9.93. The third-order valence-corrected chi connectivity index (χ3v) is 2.35. The molecule has 0 aromatic rings. The summed E-state index contributed by atoms with van der Waals surface area (Å²) in [5.74, 6) is 1.42. The zero-order chi connectivity index (χ0) is 8.31. The Bertz CT molecular complexity index is 116. The first kappa shape index (κ1) is 13.4. The van der Waals surface area contributed by atoms with Crippen LogP contribution in [0.25, 0.3) is 0 Å². The molecule has 0 aliphatic rings. The largest absolute Gasteiger partial charge is 0.0716 e. The minimum Gasteiger partial charge on any atom is -0.0716 e. The molecule has 0 aromatic carbocycles. The minimum absolute atomic E-state index is 0. The SMILES string of the molecule is C/C(=C(\C)C(C)C)C(C)C.[B]. The molecule has 0 rings (SSSR count). The van der Waals surface area contributed by atoms with Gasteiger partial charge in [-0.3, -0.25) is 0 Å². The summed E-state index contributed by atoms with van der Waals surface area (Å²) in [6.07, 6.45) is 0. The van der Waals surface area contributed by atoms with Crippen LogP contribution < -0.4 is 0 Å². The van der Waals surface area contributed by atoms with Crippen LogP contribution in [0.1, 0.15) is 41.5 Å². The van der Waals surface area contributed by atoms with E-state index in [4.69, 9.17) is 0 Å². The monoisotopic (exact) mass is 151 g/mol. The lowest BCUT2D eigenvalue weighted by molar-refractivity contribution is 0.691. The molecule has 0 aromatic heterocycles. The van der Waals surface area contributed by atoms with Crippen LogP contribution >= 0.6 is 0 Å². The highest BCUT2D eigenvalue weighted by molar-refractivity contribution is 5.75. The first-order valence-corrected chi connectivity index (χ1v) is 4.14. The fourth-order valence-electron chi connectivity index (χ4n) is 0.911. The van der Waals surface area contributed by atoms with Crippen LogP contribution in [0.3, 0.4) is 0 Å². The molecule has 0 N–H and O–H groups in total. The smallest absolute Gasteiger partial charge is 0 e. The van der Waals surface area contributed by atoms with Crippen LogP contribution in [0.4, 0.5) is 0 Å². The van der Waals surface area contributed by atoms with Gasteiger partial charge in [-0.25, -0.2) is 0 Å². The van der Waals surface area contributed by atoms with Crippen molar-refractivity contribution in [1.82, 2.24) is 0 Å². The van der Waals surface area contributed by atoms with E-state index in [1.54, 1.807) is 11.1 Å². The van der Waals surface area contributed by atoms with E-state index in [1.807, 2.05) is 0 Å². The molecule has 0 spiro atoms. The van der Waals surface area contributed by atoms with E-state index < -0.39 is 0 Å². The van der Waals surface area contributed by atoms with Crippen LogP contribution in [0.5, 0.6) is 0 Å². The zero-order valence-electron chi connectivity index (χ0n) is 8.73. The molecule has 3 radical (unpaired) electrons. The summed E-state index contributed by atoms with van der Waals surface area (Å²) in [5.41, 5.74) is 3.10. The van der Waals surface area contributed by atoms with Gasteiger partial charge in [0, 0.05) is 8.41 Å². The van der Waals surface area contributed by atoms with Crippen molar-refractivity contribution < 1.29 is 0 Å². The quantitative estimate of drug-likeness (QED) is 0.419. The van der Waals surface area contributed by atoms with Crippen LogP contribution in [-0.4, -0.2) is 8.41 Å². The highest BCUT2D eigenvalue weighted by Crippen LogP contribution is 2.19. The van der Waals surface area contributed by atoms with Crippen molar-refractivity contribution in [3.05, 3.63) is 11.1 Å². The molecule has 1 heteroatoms. The van der Waals surface area contributed by atoms with Gasteiger partial charge >= 0.3 is 0 Å². The van der Waals surface area contributed by atoms with Crippen LogP contribution in [0.2, 0.25) is 0 Å². The topological polar surface area (TPSA) is 0 Å². The fourth-order valence-corrected chi connectivity index (χ4v) is 0.911. The normalized spacial score (nSPS) is 13.1. The van der Waals surface area contributed by atoms with Crippen molar-refractivity contribution >= 4 is 8.41 Å². The maximum absolute atomic E-state index is 2.25. The Hall–Kier alpha value is -0.195. The maximum Gasteiger partial charge on any atom is 0 e. The van der Waals surface area contributed by atoms with Gasteiger partial charge in [-0.2, -0.15) is 0 Å². The second kappa shape index (κ2) is 5.45. The molecule has 0 fully saturated rings. The predicted octanol–water partition coefficient (Wildman–Crippen LogP) is 3.25. The van der Waals surface area contributed by atoms with Crippen LogP contribution in [-0.2, 0) is 0 Å². The van der Waals surface area contributed by atoms with Crippen molar-refractivity contribution in [1.29, 1.82) is 0 Å². The Morgan fingerprint density at radius 2 is 0.909 bits per heavy atom. The van der Waals surface area contributed by atoms with Gasteiger partial charge in [-0.15, -0.1) is 0 Å². The Morgan fingerprint density at radius 1 is 0.727 bits per heavy atom. The maximum atomic E-state index is 2.25. The van der Waals surface area contributed by atoms with E-state index in [2.05, 4.69) is 41.5 Å². The third-order valence-electron chi connectivity index (χ3n) is 2.35. The lowest BCUT2D eigenvalue weighted by Gasteiger charge is -2.13. The molecular weight excluding hydrogens is 131 g/mol. The minimum atomic E-state index is 0. The van der Waals surface area contributed by atoms with Gasteiger partial charge in [0.05, 0.1) is 0 Å². The van der Waals surface area contributed by atoms with Gasteiger partial charge < -0.3 is 0 Å². The molecule has 63 valence electrons. The molecule has 0 bridgehead atoms. The Morgan fingerprint density at radius 3 is 1.00 bits per heavy atom. The molecule has 0 aliphatic heterocycles. The summed E-state index contributed by atoms with van der Waals surface area (Å²) in [5, 5.41) is 0. The van der Waals surface area contributed by atoms with E-state index in [1.165, 1.54) is 0 Å². The van der Waals surface area contributed by atoms with Gasteiger partial charge in [0.2, 0.25) is 0 Å². The summed E-state index contributed by atoms with van der Waals surface area (Å²) in [7, 11) is 0. The molecular formula is C10H20B. The second-order valence-electron chi connectivity index (χ2n) is 3.68. The number of hydrogen-bond acceptors (Lipinski definition) is 0. The van der Waals surface area contributed by atoms with Gasteiger partial charge in [0.25, 0.3) is 0 Å². The van der Waals surface area contributed by atoms with E-state index in [0.717, 1.165) is 0 Å². The number of allylic oxidation sites excluding steroid dienone is 2. The summed E-state index contributed by atoms with van der Waals surface area (Å²) in [4.78, 5) is 0. The molecule has 0 nitrogen and oxygen atoms in total. The average molecular weight is 151 g/mol. The first-order chi connectivity index (χ1) is 4.46. The highest BCUT2D eigenvalue weighted by atomic mass is 14.1. The third kappa shape index (κ3) is 4.29. The molecule has 0 saturated heterocycles. The average Bonchev–Trinajstić information content (AvgIpc) is 1.84. The molecule has 11 heavy (non-hydrogen) atoms. The summed E-state index contributed by atoms with van der Waals surface area (Å²) in [6.45, 7) is 13.5. The van der Waals surface area contributed by atoms with E-state index in [9.17, 15) is 0 Å².